The van der Waals surface area contributed by atoms with E-state index in [1.165, 1.54) is 0 Å². The molecular weight excluding hydrogens is 356 g/mol. The molecule has 4 nitrogen and oxygen atoms in total. The van der Waals surface area contributed by atoms with Crippen LogP contribution >= 0.6 is 27.5 Å². The van der Waals surface area contributed by atoms with E-state index >= 15 is 0 Å². The van der Waals surface area contributed by atoms with Gasteiger partial charge in [-0.3, -0.25) is 9.59 Å². The zero-order chi connectivity index (χ0) is 15.6. The van der Waals surface area contributed by atoms with Gasteiger partial charge in [0.1, 0.15) is 0 Å². The van der Waals surface area contributed by atoms with Crippen molar-refractivity contribution in [3.8, 4) is 0 Å². The molecule has 0 spiro atoms. The van der Waals surface area contributed by atoms with Gasteiger partial charge < -0.3 is 11.1 Å². The second kappa shape index (κ2) is 6.28. The Hall–Kier alpha value is -1.85. The Morgan fingerprint density at radius 3 is 2.57 bits per heavy atom. The van der Waals surface area contributed by atoms with Crippen LogP contribution in [0.25, 0.3) is 0 Å². The van der Waals surface area contributed by atoms with Crippen LogP contribution in [-0.4, -0.2) is 11.8 Å². The van der Waals surface area contributed by atoms with Gasteiger partial charge in [-0.2, -0.15) is 0 Å². The molecule has 0 radical (unpaired) electrons. The number of amides is 2. The van der Waals surface area contributed by atoms with Crippen molar-refractivity contribution in [2.45, 2.75) is 6.92 Å². The van der Waals surface area contributed by atoms with Gasteiger partial charge in [-0.25, -0.2) is 0 Å². The van der Waals surface area contributed by atoms with Crippen LogP contribution in [-0.2, 0) is 0 Å². The van der Waals surface area contributed by atoms with Crippen LogP contribution in [0, 0.1) is 6.92 Å². The average Bonchev–Trinajstić information content (AvgIpc) is 2.43. The Kier molecular flexibility index (Phi) is 4.65. The van der Waals surface area contributed by atoms with Gasteiger partial charge in [0, 0.05) is 21.3 Å². The summed E-state index contributed by atoms with van der Waals surface area (Å²) in [4.78, 5) is 23.5. The second-order valence-corrected chi connectivity index (χ2v) is 5.69. The molecule has 2 amide bonds. The largest absolute Gasteiger partial charge is 0.366 e. The van der Waals surface area contributed by atoms with E-state index in [1.807, 2.05) is 0 Å². The van der Waals surface area contributed by atoms with Crippen molar-refractivity contribution in [3.63, 3.8) is 0 Å². The van der Waals surface area contributed by atoms with Gasteiger partial charge in [0.05, 0.1) is 5.02 Å². The lowest BCUT2D eigenvalue weighted by Gasteiger charge is -2.11. The zero-order valence-corrected chi connectivity index (χ0v) is 13.5. The number of hydrogen-bond donors (Lipinski definition) is 2. The lowest BCUT2D eigenvalue weighted by Crippen LogP contribution is -2.16. The molecule has 3 N–H and O–H groups in total. The molecule has 2 aromatic carbocycles. The predicted molar refractivity (Wildman–Crippen MR) is 86.8 cm³/mol. The molecule has 0 fully saturated rings. The number of rotatable bonds is 3. The summed E-state index contributed by atoms with van der Waals surface area (Å²) in [6, 6.07) is 9.90. The van der Waals surface area contributed by atoms with Gasteiger partial charge in [-0.15, -0.1) is 0 Å². The monoisotopic (exact) mass is 366 g/mol. The first-order valence-corrected chi connectivity index (χ1v) is 7.23. The second-order valence-electron chi connectivity index (χ2n) is 4.43. The van der Waals surface area contributed by atoms with Crippen LogP contribution in [0.1, 0.15) is 26.3 Å². The highest BCUT2D eigenvalue weighted by Crippen LogP contribution is 2.24. The van der Waals surface area contributed by atoms with E-state index in [0.717, 1.165) is 0 Å². The van der Waals surface area contributed by atoms with Crippen LogP contribution in [0.2, 0.25) is 5.02 Å². The van der Waals surface area contributed by atoms with Crippen molar-refractivity contribution < 1.29 is 9.59 Å². The highest BCUT2D eigenvalue weighted by Gasteiger charge is 2.12. The molecule has 0 aliphatic heterocycles. The van der Waals surface area contributed by atoms with Gasteiger partial charge in [0.15, 0.2) is 0 Å². The van der Waals surface area contributed by atoms with E-state index in [9.17, 15) is 9.59 Å². The first kappa shape index (κ1) is 15.5. The maximum atomic E-state index is 12.2. The van der Waals surface area contributed by atoms with E-state index in [1.54, 1.807) is 43.3 Å². The minimum atomic E-state index is -0.532. The summed E-state index contributed by atoms with van der Waals surface area (Å²) in [5.74, 6) is -0.843. The number of hydrogen-bond acceptors (Lipinski definition) is 2. The molecule has 6 heteroatoms. The van der Waals surface area contributed by atoms with Crippen molar-refractivity contribution in [3.05, 3.63) is 62.6 Å². The number of halogens is 2. The molecule has 0 aromatic heterocycles. The molecule has 0 atom stereocenters. The number of carbonyl (C=O) groups is 2. The third-order valence-corrected chi connectivity index (χ3v) is 4.26. The standard InChI is InChI=1S/C15H12BrClN2O2/c1-8-10(14(18)20)3-2-4-13(8)19-15(21)9-5-6-11(16)12(17)7-9/h2-7H,1H3,(H2,18,20)(H,19,21). The molecule has 0 saturated carbocycles. The van der Waals surface area contributed by atoms with Crippen LogP contribution < -0.4 is 11.1 Å². The minimum absolute atomic E-state index is 0.311. The molecule has 21 heavy (non-hydrogen) atoms. The number of carbonyl (C=O) groups excluding carboxylic acids is 2. The Morgan fingerprint density at radius 1 is 1.24 bits per heavy atom. The van der Waals surface area contributed by atoms with Gasteiger partial charge in [0.25, 0.3) is 5.91 Å². The zero-order valence-electron chi connectivity index (χ0n) is 11.1. The number of nitrogens with one attached hydrogen (secondary N) is 1. The van der Waals surface area contributed by atoms with Gasteiger partial charge in [0.2, 0.25) is 5.91 Å². The van der Waals surface area contributed by atoms with Crippen LogP contribution in [0.4, 0.5) is 5.69 Å². The fourth-order valence-corrected chi connectivity index (χ4v) is 2.30. The Balaban J connectivity index is 2.29. The molecule has 108 valence electrons. The topological polar surface area (TPSA) is 72.2 Å². The number of benzene rings is 2. The molecule has 0 unspecified atom stereocenters. The molecule has 0 heterocycles. The summed E-state index contributed by atoms with van der Waals surface area (Å²) < 4.78 is 0.715. The van der Waals surface area contributed by atoms with Crippen molar-refractivity contribution in [1.82, 2.24) is 0 Å². The maximum Gasteiger partial charge on any atom is 0.255 e. The number of anilines is 1. The summed E-state index contributed by atoms with van der Waals surface area (Å²) in [7, 11) is 0. The van der Waals surface area contributed by atoms with Crippen molar-refractivity contribution in [2.75, 3.05) is 5.32 Å². The first-order valence-electron chi connectivity index (χ1n) is 6.06. The summed E-state index contributed by atoms with van der Waals surface area (Å²) in [5.41, 5.74) is 7.25. The van der Waals surface area contributed by atoms with Crippen LogP contribution in [0.3, 0.4) is 0 Å². The summed E-state index contributed by atoms with van der Waals surface area (Å²) in [5, 5.41) is 3.20. The Bertz CT molecular complexity index is 732. The third kappa shape index (κ3) is 3.43. The summed E-state index contributed by atoms with van der Waals surface area (Å²) in [6.07, 6.45) is 0. The quantitative estimate of drug-likeness (QED) is 0.867. The van der Waals surface area contributed by atoms with E-state index in [2.05, 4.69) is 21.2 Å². The third-order valence-electron chi connectivity index (χ3n) is 3.03. The van der Waals surface area contributed by atoms with E-state index in [0.29, 0.717) is 31.9 Å². The van der Waals surface area contributed by atoms with Crippen LogP contribution in [0.15, 0.2) is 40.9 Å². The highest BCUT2D eigenvalue weighted by molar-refractivity contribution is 9.10. The van der Waals surface area contributed by atoms with E-state index in [-0.39, 0.29) is 5.91 Å². The molecule has 0 bridgehead atoms. The van der Waals surface area contributed by atoms with Gasteiger partial charge in [-0.1, -0.05) is 17.7 Å². The fraction of sp³-hybridized carbons (Fsp3) is 0.0667. The number of nitrogens with two attached hydrogens (primary N) is 1. The van der Waals surface area contributed by atoms with E-state index < -0.39 is 5.91 Å². The van der Waals surface area contributed by atoms with Crippen molar-refractivity contribution in [1.29, 1.82) is 0 Å². The molecule has 0 aliphatic rings. The fourth-order valence-electron chi connectivity index (χ4n) is 1.87. The molecule has 0 saturated heterocycles. The van der Waals surface area contributed by atoms with E-state index in [4.69, 9.17) is 17.3 Å². The minimum Gasteiger partial charge on any atom is -0.366 e. The number of primary amides is 1. The highest BCUT2D eigenvalue weighted by atomic mass is 79.9. The Labute approximate surface area is 135 Å². The van der Waals surface area contributed by atoms with Crippen molar-refractivity contribution >= 4 is 45.0 Å². The Morgan fingerprint density at radius 2 is 1.95 bits per heavy atom. The molecule has 2 aromatic rings. The maximum absolute atomic E-state index is 12.2. The van der Waals surface area contributed by atoms with Gasteiger partial charge in [-0.05, 0) is 58.7 Å². The lowest BCUT2D eigenvalue weighted by molar-refractivity contribution is 0.0995. The molecule has 2 rings (SSSR count). The smallest absolute Gasteiger partial charge is 0.255 e. The summed E-state index contributed by atoms with van der Waals surface area (Å²) >= 11 is 9.24. The average molecular weight is 368 g/mol. The SMILES string of the molecule is Cc1c(NC(=O)c2ccc(Br)c(Cl)c2)cccc1C(N)=O. The first-order chi connectivity index (χ1) is 9.90. The molecular formula is C15H12BrClN2O2. The normalized spacial score (nSPS) is 10.2. The lowest BCUT2D eigenvalue weighted by atomic mass is 10.1. The van der Waals surface area contributed by atoms with Crippen LogP contribution in [0.5, 0.6) is 0 Å². The van der Waals surface area contributed by atoms with Crippen molar-refractivity contribution in [2.24, 2.45) is 5.73 Å². The predicted octanol–water partition coefficient (Wildman–Crippen LogP) is 3.76. The summed E-state index contributed by atoms with van der Waals surface area (Å²) in [6.45, 7) is 1.73. The molecule has 0 aliphatic carbocycles. The van der Waals surface area contributed by atoms with Gasteiger partial charge >= 0.3 is 0 Å².